The molecule has 12 heteroatoms. The number of aromatic nitrogens is 3. The molecule has 2 aromatic heterocycles. The van der Waals surface area contributed by atoms with Crippen molar-refractivity contribution in [3.8, 4) is 0 Å². The molecule has 4 rings (SSSR count). The summed E-state index contributed by atoms with van der Waals surface area (Å²) in [5, 5.41) is 3.91. The normalized spacial score (nSPS) is 17.0. The number of carbonyl (C=O) groups excluding carboxylic acids is 1. The van der Waals surface area contributed by atoms with E-state index in [4.69, 9.17) is 9.41 Å². The smallest absolute Gasteiger partial charge is 0.302 e. The summed E-state index contributed by atoms with van der Waals surface area (Å²) in [6, 6.07) is 7.58. The lowest BCUT2D eigenvalue weighted by molar-refractivity contribution is -0.161. The van der Waals surface area contributed by atoms with Crippen LogP contribution >= 0.6 is 0 Å². The van der Waals surface area contributed by atoms with Crippen molar-refractivity contribution in [1.82, 2.24) is 19.9 Å². The number of nitrogens with one attached hydrogen (secondary N) is 1. The lowest BCUT2D eigenvalue weighted by Crippen LogP contribution is -2.53. The molecule has 1 saturated heterocycles. The number of benzene rings is 1. The highest BCUT2D eigenvalue weighted by Gasteiger charge is 2.54. The fourth-order valence-electron chi connectivity index (χ4n) is 6.55. The molecule has 3 aromatic rings. The Bertz CT molecular complexity index is 1570. The highest BCUT2D eigenvalue weighted by molar-refractivity contribution is 6.73. The minimum Gasteiger partial charge on any atom is -0.405 e. The summed E-state index contributed by atoms with van der Waals surface area (Å²) in [4.78, 5) is 30.0. The second kappa shape index (κ2) is 13.5. The maximum Gasteiger partial charge on any atom is 0.302 e. The van der Waals surface area contributed by atoms with Gasteiger partial charge in [-0.2, -0.15) is 8.78 Å². The first-order chi connectivity index (χ1) is 21.5. The van der Waals surface area contributed by atoms with E-state index in [2.05, 4.69) is 27.1 Å². The number of aryl methyl sites for hydroxylation is 2. The van der Waals surface area contributed by atoms with Crippen molar-refractivity contribution in [2.75, 3.05) is 29.9 Å². The summed E-state index contributed by atoms with van der Waals surface area (Å²) in [6.45, 7) is 19.6. The molecule has 0 radical (unpaired) electrons. The Kier molecular flexibility index (Phi) is 10.4. The van der Waals surface area contributed by atoms with E-state index >= 15 is 13.2 Å². The number of fused-ring (bicyclic) bond motifs is 1. The number of amides is 1. The van der Waals surface area contributed by atoms with Gasteiger partial charge in [0.25, 0.3) is 0 Å². The molecule has 46 heavy (non-hydrogen) atoms. The number of pyridine rings is 1. The van der Waals surface area contributed by atoms with Gasteiger partial charge in [0.05, 0.1) is 28.4 Å². The van der Waals surface area contributed by atoms with Gasteiger partial charge in [0.2, 0.25) is 5.91 Å². The molecule has 1 aromatic carbocycles. The van der Waals surface area contributed by atoms with Crippen molar-refractivity contribution in [2.24, 2.45) is 0 Å². The van der Waals surface area contributed by atoms with Crippen molar-refractivity contribution in [1.29, 1.82) is 0 Å². The molecule has 1 aliphatic rings. The highest BCUT2D eigenvalue weighted by Crippen LogP contribution is 2.46. The molecular weight excluding hydrogens is 609 g/mol. The molecule has 1 fully saturated rings. The average Bonchev–Trinajstić information content (AvgIpc) is 2.99. The first kappa shape index (κ1) is 35.6. The lowest BCUT2D eigenvalue weighted by Gasteiger charge is -2.42. The molecule has 252 valence electrons. The fraction of sp³-hybridized carbons (Fsp3) is 0.588. The van der Waals surface area contributed by atoms with Gasteiger partial charge in [0.1, 0.15) is 23.1 Å². The average molecular weight is 659 g/mol. The van der Waals surface area contributed by atoms with Crippen LogP contribution in [0.25, 0.3) is 11.0 Å². The Morgan fingerprint density at radius 2 is 1.76 bits per heavy atom. The van der Waals surface area contributed by atoms with E-state index in [1.807, 2.05) is 38.7 Å². The summed E-state index contributed by atoms with van der Waals surface area (Å²) >= 11 is 0. The topological polar surface area (TPSA) is 83.5 Å². The van der Waals surface area contributed by atoms with Crippen molar-refractivity contribution in [2.45, 2.75) is 111 Å². The maximum atomic E-state index is 16.2. The predicted molar refractivity (Wildman–Crippen MR) is 181 cm³/mol. The van der Waals surface area contributed by atoms with Crippen LogP contribution in [0.1, 0.15) is 84.1 Å². The molecule has 0 bridgehead atoms. The van der Waals surface area contributed by atoms with Gasteiger partial charge in [0, 0.05) is 38.2 Å². The van der Waals surface area contributed by atoms with Crippen molar-refractivity contribution in [3.05, 3.63) is 52.7 Å². The number of alkyl halides is 2. The number of rotatable bonds is 11. The Morgan fingerprint density at radius 3 is 2.35 bits per heavy atom. The van der Waals surface area contributed by atoms with Crippen LogP contribution in [0.5, 0.6) is 0 Å². The summed E-state index contributed by atoms with van der Waals surface area (Å²) in [6.07, 6.45) is 0. The third-order valence-corrected chi connectivity index (χ3v) is 14.5. The third-order valence-electron chi connectivity index (χ3n) is 9.69. The number of anilines is 2. The van der Waals surface area contributed by atoms with Crippen LogP contribution in [0.3, 0.4) is 0 Å². The largest absolute Gasteiger partial charge is 0.405 e. The van der Waals surface area contributed by atoms with E-state index < -0.39 is 37.3 Å². The van der Waals surface area contributed by atoms with Crippen LogP contribution < -0.4 is 10.2 Å². The molecule has 1 unspecified atom stereocenters. The number of nitrogens with zero attached hydrogens (tertiary/aromatic N) is 5. The van der Waals surface area contributed by atoms with E-state index in [1.54, 1.807) is 20.8 Å². The van der Waals surface area contributed by atoms with Crippen LogP contribution in [0.2, 0.25) is 18.1 Å². The summed E-state index contributed by atoms with van der Waals surface area (Å²) in [5.74, 6) is -3.60. The lowest BCUT2D eigenvalue weighted by atomic mass is 9.91. The molecule has 0 saturated carbocycles. The molecule has 8 nitrogen and oxygen atoms in total. The van der Waals surface area contributed by atoms with Gasteiger partial charge in [-0.05, 0) is 71.8 Å². The Morgan fingerprint density at radius 1 is 1.11 bits per heavy atom. The number of piperazine rings is 1. The Labute approximate surface area is 272 Å². The van der Waals surface area contributed by atoms with E-state index in [9.17, 15) is 4.79 Å². The van der Waals surface area contributed by atoms with Gasteiger partial charge >= 0.3 is 5.92 Å². The molecule has 0 spiro atoms. The summed E-state index contributed by atoms with van der Waals surface area (Å²) < 4.78 is 54.8. The number of hydrogen-bond donors (Lipinski definition) is 1. The SMILES string of the molecule is CC[Si](CC)(CC)OC(C)(C)C(F)(F)c1cccc([C@@H](C)Nc2nc(C)nc3nc(C)c(N4CCN(C(C)=O)CC4C)cc23)c1F. The van der Waals surface area contributed by atoms with Crippen LogP contribution in [-0.2, 0) is 15.1 Å². The van der Waals surface area contributed by atoms with E-state index in [-0.39, 0.29) is 17.5 Å². The first-order valence-electron chi connectivity index (χ1n) is 16.3. The molecular formula is C34H49F3N6O2Si. The van der Waals surface area contributed by atoms with Gasteiger partial charge in [-0.1, -0.05) is 32.9 Å². The summed E-state index contributed by atoms with van der Waals surface area (Å²) in [5.41, 5.74) is -0.321. The quantitative estimate of drug-likeness (QED) is 0.210. The third kappa shape index (κ3) is 6.74. The van der Waals surface area contributed by atoms with Gasteiger partial charge in [-0.3, -0.25) is 4.79 Å². The van der Waals surface area contributed by atoms with Gasteiger partial charge in [0.15, 0.2) is 14.0 Å². The Hall–Kier alpha value is -3.25. The van der Waals surface area contributed by atoms with Crippen LogP contribution in [0, 0.1) is 19.7 Å². The minimum absolute atomic E-state index is 0.0483. The van der Waals surface area contributed by atoms with E-state index in [1.165, 1.54) is 26.0 Å². The van der Waals surface area contributed by atoms with Gasteiger partial charge in [-0.15, -0.1) is 0 Å². The molecule has 0 aliphatic carbocycles. The zero-order valence-corrected chi connectivity index (χ0v) is 29.9. The Balaban J connectivity index is 1.69. The molecule has 1 N–H and O–H groups in total. The van der Waals surface area contributed by atoms with E-state index in [0.29, 0.717) is 60.4 Å². The highest BCUT2D eigenvalue weighted by atomic mass is 28.4. The number of carbonyl (C=O) groups is 1. The zero-order chi connectivity index (χ0) is 34.2. The second-order valence-corrected chi connectivity index (χ2v) is 17.8. The van der Waals surface area contributed by atoms with Gasteiger partial charge < -0.3 is 19.5 Å². The maximum absolute atomic E-state index is 16.2. The number of hydrogen-bond acceptors (Lipinski definition) is 7. The molecule has 3 heterocycles. The molecule has 1 amide bonds. The second-order valence-electron chi connectivity index (χ2n) is 13.1. The van der Waals surface area contributed by atoms with Crippen LogP contribution in [0.4, 0.5) is 24.7 Å². The van der Waals surface area contributed by atoms with E-state index in [0.717, 1.165) is 17.4 Å². The van der Waals surface area contributed by atoms with Crippen molar-refractivity contribution >= 4 is 36.8 Å². The predicted octanol–water partition coefficient (Wildman–Crippen LogP) is 7.90. The fourth-order valence-corrected chi connectivity index (χ4v) is 9.69. The van der Waals surface area contributed by atoms with Crippen LogP contribution in [0.15, 0.2) is 24.3 Å². The minimum atomic E-state index is -3.58. The van der Waals surface area contributed by atoms with Gasteiger partial charge in [-0.25, -0.2) is 19.3 Å². The molecule has 1 aliphatic heterocycles. The first-order valence-corrected chi connectivity index (χ1v) is 18.8. The zero-order valence-electron chi connectivity index (χ0n) is 28.9. The number of halogens is 3. The van der Waals surface area contributed by atoms with Crippen molar-refractivity contribution < 1.29 is 22.4 Å². The van der Waals surface area contributed by atoms with Crippen molar-refractivity contribution in [3.63, 3.8) is 0 Å². The monoisotopic (exact) mass is 658 g/mol. The standard InChI is InChI=1S/C34H49F3N6O2Si/c1-11-46(12-2,13-3)45-33(9,10)34(36,37)28-16-14-15-26(30(28)35)22(5)38-31-27-19-29(23(6)39-32(27)41-24(7)40-31)43-18-17-42(25(8)44)20-21(43)4/h14-16,19,21-22H,11-13,17-18,20H2,1-10H3,(H,38,39,40,41)/t21?,22-/m1/s1. The molecule has 2 atom stereocenters. The van der Waals surface area contributed by atoms with Crippen LogP contribution in [-0.4, -0.2) is 65.4 Å². The summed E-state index contributed by atoms with van der Waals surface area (Å²) in [7, 11) is -2.42.